The molecule has 66 valence electrons. The minimum Gasteiger partial charge on any atom is -0.381 e. The highest BCUT2D eigenvalue weighted by molar-refractivity contribution is 5.17. The topological polar surface area (TPSA) is 9.23 Å². The molecule has 4 aliphatic rings. The summed E-state index contributed by atoms with van der Waals surface area (Å²) in [7, 11) is 1.92. The van der Waals surface area contributed by atoms with Crippen LogP contribution in [0.2, 0.25) is 0 Å². The third-order valence-electron chi connectivity index (χ3n) is 4.89. The Labute approximate surface area is 73.5 Å². The standard InChI is InChI=1S/C11H16O/c1-12-11-9-3-7(9)5-2-6(5)8-4-10(8)11/h5-11H,2-4H2,1H3/t5-,6+,7-,8-,9-,10+,11?/m1/s1. The van der Waals surface area contributed by atoms with Gasteiger partial charge in [0.2, 0.25) is 0 Å². The molecule has 4 aliphatic carbocycles. The van der Waals surface area contributed by atoms with Crippen LogP contribution in [0.1, 0.15) is 19.3 Å². The summed E-state index contributed by atoms with van der Waals surface area (Å²) < 4.78 is 5.65. The summed E-state index contributed by atoms with van der Waals surface area (Å²) >= 11 is 0. The van der Waals surface area contributed by atoms with Crippen LogP contribution in [0.5, 0.6) is 0 Å². The lowest BCUT2D eigenvalue weighted by Gasteiger charge is -2.13. The van der Waals surface area contributed by atoms with E-state index < -0.39 is 0 Å². The lowest BCUT2D eigenvalue weighted by Crippen LogP contribution is -2.17. The number of ether oxygens (including phenoxy) is 1. The summed E-state index contributed by atoms with van der Waals surface area (Å²) in [5, 5.41) is 0. The fourth-order valence-electron chi connectivity index (χ4n) is 4.10. The molecule has 7 atom stereocenters. The van der Waals surface area contributed by atoms with Crippen LogP contribution in [0.3, 0.4) is 0 Å². The Morgan fingerprint density at radius 1 is 0.750 bits per heavy atom. The van der Waals surface area contributed by atoms with E-state index >= 15 is 0 Å². The van der Waals surface area contributed by atoms with Crippen LogP contribution in [0.25, 0.3) is 0 Å². The third kappa shape index (κ3) is 0.618. The molecule has 0 aromatic heterocycles. The fraction of sp³-hybridized carbons (Fsp3) is 1.00. The van der Waals surface area contributed by atoms with E-state index in [9.17, 15) is 0 Å². The van der Waals surface area contributed by atoms with Gasteiger partial charge in [-0.25, -0.2) is 0 Å². The molecule has 0 aromatic rings. The number of rotatable bonds is 1. The Morgan fingerprint density at radius 2 is 1.17 bits per heavy atom. The molecule has 1 nitrogen and oxygen atoms in total. The van der Waals surface area contributed by atoms with Crippen molar-refractivity contribution in [2.75, 3.05) is 7.11 Å². The van der Waals surface area contributed by atoms with Crippen molar-refractivity contribution in [2.45, 2.75) is 25.4 Å². The van der Waals surface area contributed by atoms with Crippen molar-refractivity contribution >= 4 is 0 Å². The molecule has 0 heterocycles. The Balaban J connectivity index is 1.67. The Hall–Kier alpha value is -0.0400. The zero-order valence-corrected chi connectivity index (χ0v) is 7.57. The van der Waals surface area contributed by atoms with Gasteiger partial charge in [-0.15, -0.1) is 0 Å². The Kier molecular flexibility index (Phi) is 0.934. The molecule has 4 saturated carbocycles. The zero-order valence-electron chi connectivity index (χ0n) is 7.57. The molecule has 0 bridgehead atoms. The first kappa shape index (κ1) is 6.42. The molecule has 4 rings (SSSR count). The summed E-state index contributed by atoms with van der Waals surface area (Å²) in [6, 6.07) is 0. The summed E-state index contributed by atoms with van der Waals surface area (Å²) in [5.41, 5.74) is 0. The molecular formula is C11H16O. The predicted octanol–water partition coefficient (Wildman–Crippen LogP) is 1.92. The van der Waals surface area contributed by atoms with Gasteiger partial charge in [-0.3, -0.25) is 0 Å². The Bertz CT molecular complexity index is 215. The lowest BCUT2D eigenvalue weighted by molar-refractivity contribution is 0.0592. The highest BCUT2D eigenvalue weighted by Crippen LogP contribution is 2.72. The Morgan fingerprint density at radius 3 is 1.67 bits per heavy atom. The van der Waals surface area contributed by atoms with Crippen LogP contribution in [0.15, 0.2) is 0 Å². The van der Waals surface area contributed by atoms with E-state index in [-0.39, 0.29) is 0 Å². The van der Waals surface area contributed by atoms with Gasteiger partial charge in [-0.1, -0.05) is 0 Å². The maximum absolute atomic E-state index is 5.65. The summed E-state index contributed by atoms with van der Waals surface area (Å²) in [5.74, 6) is 6.50. The first-order chi connectivity index (χ1) is 5.90. The van der Waals surface area contributed by atoms with E-state index in [1.54, 1.807) is 6.42 Å². The van der Waals surface area contributed by atoms with Crippen LogP contribution in [-0.4, -0.2) is 13.2 Å². The maximum Gasteiger partial charge on any atom is 0.0633 e. The highest BCUT2D eigenvalue weighted by Gasteiger charge is 2.68. The van der Waals surface area contributed by atoms with Gasteiger partial charge in [0.15, 0.2) is 0 Å². The van der Waals surface area contributed by atoms with Crippen LogP contribution in [0.4, 0.5) is 0 Å². The third-order valence-corrected chi connectivity index (χ3v) is 4.89. The molecule has 0 aliphatic heterocycles. The maximum atomic E-state index is 5.65. The minimum atomic E-state index is 0.674. The molecule has 4 fully saturated rings. The number of fused-ring (bicyclic) bond motifs is 5. The quantitative estimate of drug-likeness (QED) is 0.575. The summed E-state index contributed by atoms with van der Waals surface area (Å²) in [6.45, 7) is 0. The molecule has 1 heteroatoms. The van der Waals surface area contributed by atoms with Crippen molar-refractivity contribution in [3.05, 3.63) is 0 Å². The normalized spacial score (nSPS) is 70.2. The highest BCUT2D eigenvalue weighted by atomic mass is 16.5. The van der Waals surface area contributed by atoms with Gasteiger partial charge in [-0.2, -0.15) is 0 Å². The predicted molar refractivity (Wildman–Crippen MR) is 45.6 cm³/mol. The monoisotopic (exact) mass is 164 g/mol. The summed E-state index contributed by atoms with van der Waals surface area (Å²) in [4.78, 5) is 0. The molecule has 0 radical (unpaired) electrons. The van der Waals surface area contributed by atoms with Crippen molar-refractivity contribution in [3.63, 3.8) is 0 Å². The zero-order chi connectivity index (χ0) is 7.87. The van der Waals surface area contributed by atoms with Crippen molar-refractivity contribution < 1.29 is 4.74 Å². The van der Waals surface area contributed by atoms with Crippen LogP contribution >= 0.6 is 0 Å². The first-order valence-corrected chi connectivity index (χ1v) is 5.43. The van der Waals surface area contributed by atoms with E-state index in [1.807, 2.05) is 7.11 Å². The van der Waals surface area contributed by atoms with Gasteiger partial charge in [-0.05, 0) is 54.8 Å². The lowest BCUT2D eigenvalue weighted by atomic mass is 10.1. The van der Waals surface area contributed by atoms with Crippen LogP contribution in [0, 0.1) is 35.5 Å². The van der Waals surface area contributed by atoms with E-state index in [0.717, 1.165) is 35.5 Å². The van der Waals surface area contributed by atoms with Gasteiger partial charge < -0.3 is 4.74 Å². The molecule has 12 heavy (non-hydrogen) atoms. The van der Waals surface area contributed by atoms with E-state index in [2.05, 4.69) is 0 Å². The SMILES string of the molecule is COC1[C@H]2C[C@@H]2[C@H]2C[C@H]2[C@H]2C[C@@H]12. The molecule has 0 amide bonds. The fourth-order valence-corrected chi connectivity index (χ4v) is 4.10. The van der Waals surface area contributed by atoms with Gasteiger partial charge >= 0.3 is 0 Å². The van der Waals surface area contributed by atoms with Gasteiger partial charge in [0.05, 0.1) is 6.10 Å². The van der Waals surface area contributed by atoms with Crippen molar-refractivity contribution in [3.8, 4) is 0 Å². The molecule has 0 spiro atoms. The van der Waals surface area contributed by atoms with Crippen molar-refractivity contribution in [1.29, 1.82) is 0 Å². The minimum absolute atomic E-state index is 0.674. The van der Waals surface area contributed by atoms with Crippen LogP contribution < -0.4 is 0 Å². The smallest absolute Gasteiger partial charge is 0.0633 e. The van der Waals surface area contributed by atoms with Crippen molar-refractivity contribution in [1.82, 2.24) is 0 Å². The average Bonchev–Trinajstić information content (AvgIpc) is 2.87. The second-order valence-corrected chi connectivity index (χ2v) is 5.39. The molecular weight excluding hydrogens is 148 g/mol. The van der Waals surface area contributed by atoms with Crippen molar-refractivity contribution in [2.24, 2.45) is 35.5 Å². The second kappa shape index (κ2) is 1.75. The molecule has 0 N–H and O–H groups in total. The van der Waals surface area contributed by atoms with E-state index in [0.29, 0.717) is 6.10 Å². The summed E-state index contributed by atoms with van der Waals surface area (Å²) in [6.07, 6.45) is 5.26. The number of methoxy groups -OCH3 is 1. The van der Waals surface area contributed by atoms with Gasteiger partial charge in [0.25, 0.3) is 0 Å². The molecule has 1 unspecified atom stereocenters. The second-order valence-electron chi connectivity index (χ2n) is 5.39. The largest absolute Gasteiger partial charge is 0.381 e. The van der Waals surface area contributed by atoms with Gasteiger partial charge in [0, 0.05) is 7.11 Å². The molecule has 0 aromatic carbocycles. The van der Waals surface area contributed by atoms with E-state index in [1.165, 1.54) is 12.8 Å². The number of hydrogen-bond donors (Lipinski definition) is 0. The molecule has 0 saturated heterocycles. The van der Waals surface area contributed by atoms with Gasteiger partial charge in [0.1, 0.15) is 0 Å². The van der Waals surface area contributed by atoms with Crippen LogP contribution in [-0.2, 0) is 4.74 Å². The number of hydrogen-bond acceptors (Lipinski definition) is 1. The van der Waals surface area contributed by atoms with E-state index in [4.69, 9.17) is 4.74 Å². The first-order valence-electron chi connectivity index (χ1n) is 5.43. The average molecular weight is 164 g/mol.